The Kier molecular flexibility index (Phi) is 4.29. The van der Waals surface area contributed by atoms with Crippen molar-refractivity contribution in [2.45, 2.75) is 20.3 Å². The van der Waals surface area contributed by atoms with Gasteiger partial charge in [0.05, 0.1) is 17.1 Å². The molecule has 0 atom stereocenters. The number of aryl methyl sites for hydroxylation is 2. The van der Waals surface area contributed by atoms with Gasteiger partial charge in [-0.15, -0.1) is 0 Å². The molecule has 0 spiro atoms. The van der Waals surface area contributed by atoms with E-state index in [1.165, 1.54) is 0 Å². The number of nitrogens with two attached hydrogens (primary N) is 1. The summed E-state index contributed by atoms with van der Waals surface area (Å²) in [7, 11) is -2.95. The summed E-state index contributed by atoms with van der Waals surface area (Å²) in [6, 6.07) is 1.94. The first kappa shape index (κ1) is 15.2. The molecule has 5 nitrogen and oxygen atoms in total. The Morgan fingerprint density at radius 3 is 2.70 bits per heavy atom. The van der Waals surface area contributed by atoms with Gasteiger partial charge in [0, 0.05) is 18.8 Å². The van der Waals surface area contributed by atoms with Crippen LogP contribution in [-0.2, 0) is 9.84 Å². The summed E-state index contributed by atoms with van der Waals surface area (Å²) >= 11 is 5.12. The van der Waals surface area contributed by atoms with Gasteiger partial charge in [0.1, 0.15) is 10.8 Å². The maximum absolute atomic E-state index is 11.7. The molecule has 1 fully saturated rings. The molecule has 110 valence electrons. The molecule has 0 unspecified atom stereocenters. The van der Waals surface area contributed by atoms with Gasteiger partial charge in [-0.05, 0) is 31.9 Å². The molecule has 1 aliphatic rings. The van der Waals surface area contributed by atoms with Gasteiger partial charge in [-0.3, -0.25) is 0 Å². The summed E-state index contributed by atoms with van der Waals surface area (Å²) in [5, 5.41) is 0. The molecular formula is C13H19N3O2S2. The third-order valence-electron chi connectivity index (χ3n) is 3.43. The van der Waals surface area contributed by atoms with Crippen LogP contribution >= 0.6 is 12.2 Å². The van der Waals surface area contributed by atoms with Gasteiger partial charge < -0.3 is 10.6 Å². The van der Waals surface area contributed by atoms with Crippen LogP contribution in [0.15, 0.2) is 6.07 Å². The Labute approximate surface area is 125 Å². The van der Waals surface area contributed by atoms with Crippen LogP contribution in [0.25, 0.3) is 0 Å². The van der Waals surface area contributed by atoms with Crippen molar-refractivity contribution in [3.05, 3.63) is 22.9 Å². The Hall–Kier alpha value is -1.21. The van der Waals surface area contributed by atoms with E-state index in [-0.39, 0.29) is 11.5 Å². The van der Waals surface area contributed by atoms with Gasteiger partial charge in [0.25, 0.3) is 0 Å². The molecule has 20 heavy (non-hydrogen) atoms. The molecule has 0 aliphatic carbocycles. The van der Waals surface area contributed by atoms with Crippen LogP contribution in [-0.4, -0.2) is 43.0 Å². The second-order valence-electron chi connectivity index (χ2n) is 5.14. The smallest absolute Gasteiger partial charge is 0.152 e. The molecule has 2 N–H and O–H groups in total. The minimum atomic E-state index is -2.95. The minimum Gasteiger partial charge on any atom is -0.389 e. The highest BCUT2D eigenvalue weighted by Crippen LogP contribution is 2.24. The standard InChI is InChI=1S/C13H19N3O2S2/c1-9-8-10(2)15-13(11(9)12(14)19)16-4-3-6-20(17,18)7-5-16/h8H,3-7H2,1-2H3,(H2,14,19). The summed E-state index contributed by atoms with van der Waals surface area (Å²) in [5.74, 6) is 1.10. The topological polar surface area (TPSA) is 76.3 Å². The average Bonchev–Trinajstić information content (AvgIpc) is 2.48. The number of hydrogen-bond donors (Lipinski definition) is 1. The molecule has 0 radical (unpaired) electrons. The normalized spacial score (nSPS) is 18.6. The number of thiocarbonyl (C=S) groups is 1. The van der Waals surface area contributed by atoms with E-state index in [9.17, 15) is 8.42 Å². The molecule has 2 rings (SSSR count). The Morgan fingerprint density at radius 1 is 1.35 bits per heavy atom. The lowest BCUT2D eigenvalue weighted by molar-refractivity contribution is 0.597. The van der Waals surface area contributed by atoms with Crippen LogP contribution in [0.5, 0.6) is 0 Å². The van der Waals surface area contributed by atoms with Crippen molar-refractivity contribution in [2.24, 2.45) is 5.73 Å². The third-order valence-corrected chi connectivity index (χ3v) is 5.35. The summed E-state index contributed by atoms with van der Waals surface area (Å²) in [5.41, 5.74) is 8.42. The third kappa shape index (κ3) is 3.27. The Morgan fingerprint density at radius 2 is 2.05 bits per heavy atom. The maximum atomic E-state index is 11.7. The fraction of sp³-hybridized carbons (Fsp3) is 0.538. The van der Waals surface area contributed by atoms with Crippen molar-refractivity contribution in [1.82, 2.24) is 4.98 Å². The van der Waals surface area contributed by atoms with E-state index in [4.69, 9.17) is 18.0 Å². The van der Waals surface area contributed by atoms with Crippen LogP contribution in [0.2, 0.25) is 0 Å². The molecule has 0 saturated carbocycles. The van der Waals surface area contributed by atoms with Crippen LogP contribution in [0.4, 0.5) is 5.82 Å². The van der Waals surface area contributed by atoms with Gasteiger partial charge in [0.2, 0.25) is 0 Å². The zero-order valence-electron chi connectivity index (χ0n) is 11.7. The van der Waals surface area contributed by atoms with E-state index in [0.717, 1.165) is 16.8 Å². The molecule has 1 aromatic rings. The van der Waals surface area contributed by atoms with Gasteiger partial charge in [-0.1, -0.05) is 12.2 Å². The Bertz CT molecular complexity index is 641. The zero-order valence-corrected chi connectivity index (χ0v) is 13.4. The summed E-state index contributed by atoms with van der Waals surface area (Å²) in [6.45, 7) is 4.95. The van der Waals surface area contributed by atoms with E-state index in [1.54, 1.807) is 0 Å². The number of rotatable bonds is 2. The van der Waals surface area contributed by atoms with Gasteiger partial charge in [0.15, 0.2) is 9.84 Å². The van der Waals surface area contributed by atoms with Crippen molar-refractivity contribution in [1.29, 1.82) is 0 Å². The second kappa shape index (κ2) is 5.65. The van der Waals surface area contributed by atoms with Crippen LogP contribution < -0.4 is 10.6 Å². The molecule has 2 heterocycles. The predicted molar refractivity (Wildman–Crippen MR) is 85.1 cm³/mol. The van der Waals surface area contributed by atoms with Gasteiger partial charge in [-0.25, -0.2) is 13.4 Å². The monoisotopic (exact) mass is 313 g/mol. The number of aromatic nitrogens is 1. The van der Waals surface area contributed by atoms with E-state index in [2.05, 4.69) is 4.98 Å². The van der Waals surface area contributed by atoms with Crippen LogP contribution in [0.1, 0.15) is 23.2 Å². The fourth-order valence-corrected chi connectivity index (χ4v) is 4.02. The first-order valence-electron chi connectivity index (χ1n) is 6.53. The molecule has 7 heteroatoms. The molecule has 0 aromatic carbocycles. The predicted octanol–water partition coefficient (Wildman–Crippen LogP) is 0.958. The molecule has 0 amide bonds. The van der Waals surface area contributed by atoms with Crippen molar-refractivity contribution in [3.8, 4) is 0 Å². The van der Waals surface area contributed by atoms with Crippen LogP contribution in [0, 0.1) is 13.8 Å². The maximum Gasteiger partial charge on any atom is 0.152 e. The average molecular weight is 313 g/mol. The highest BCUT2D eigenvalue weighted by atomic mass is 32.2. The number of hydrogen-bond acceptors (Lipinski definition) is 5. The lowest BCUT2D eigenvalue weighted by atomic mass is 10.1. The molecule has 0 bridgehead atoms. The number of pyridine rings is 1. The van der Waals surface area contributed by atoms with Gasteiger partial charge in [-0.2, -0.15) is 0 Å². The first-order chi connectivity index (χ1) is 9.30. The molecular weight excluding hydrogens is 294 g/mol. The highest BCUT2D eigenvalue weighted by molar-refractivity contribution is 7.91. The number of sulfone groups is 1. The van der Waals surface area contributed by atoms with Crippen molar-refractivity contribution >= 4 is 32.9 Å². The number of anilines is 1. The summed E-state index contributed by atoms with van der Waals surface area (Å²) in [6.07, 6.45) is 0.605. The molecule has 1 aliphatic heterocycles. The minimum absolute atomic E-state index is 0.151. The molecule has 1 saturated heterocycles. The van der Waals surface area contributed by atoms with E-state index < -0.39 is 9.84 Å². The van der Waals surface area contributed by atoms with E-state index in [1.807, 2.05) is 24.8 Å². The van der Waals surface area contributed by atoms with Crippen molar-refractivity contribution < 1.29 is 8.42 Å². The quantitative estimate of drug-likeness (QED) is 0.820. The van der Waals surface area contributed by atoms with Crippen molar-refractivity contribution in [2.75, 3.05) is 29.5 Å². The fourth-order valence-electron chi connectivity index (χ4n) is 2.50. The lowest BCUT2D eigenvalue weighted by Gasteiger charge is -2.24. The zero-order chi connectivity index (χ0) is 14.9. The van der Waals surface area contributed by atoms with E-state index in [0.29, 0.717) is 30.3 Å². The highest BCUT2D eigenvalue weighted by Gasteiger charge is 2.23. The number of nitrogens with zero attached hydrogens (tertiary/aromatic N) is 2. The SMILES string of the molecule is Cc1cc(C)c(C(N)=S)c(N2CCCS(=O)(=O)CC2)n1. The summed E-state index contributed by atoms with van der Waals surface area (Å²) in [4.78, 5) is 6.82. The van der Waals surface area contributed by atoms with Crippen molar-refractivity contribution in [3.63, 3.8) is 0 Å². The summed E-state index contributed by atoms with van der Waals surface area (Å²) < 4.78 is 23.4. The Balaban J connectivity index is 2.44. The van der Waals surface area contributed by atoms with E-state index >= 15 is 0 Å². The van der Waals surface area contributed by atoms with Gasteiger partial charge >= 0.3 is 0 Å². The first-order valence-corrected chi connectivity index (χ1v) is 8.76. The lowest BCUT2D eigenvalue weighted by Crippen LogP contribution is -2.31. The van der Waals surface area contributed by atoms with Crippen LogP contribution in [0.3, 0.4) is 0 Å². The molecule has 1 aromatic heterocycles. The second-order valence-corrected chi connectivity index (χ2v) is 7.88. The largest absolute Gasteiger partial charge is 0.389 e.